The van der Waals surface area contributed by atoms with Crippen molar-refractivity contribution < 1.29 is 0 Å². The fraction of sp³-hybridized carbons (Fsp3) is 0.429. The normalized spacial score (nSPS) is 17.1. The van der Waals surface area contributed by atoms with E-state index in [1.54, 1.807) is 0 Å². The van der Waals surface area contributed by atoms with Crippen molar-refractivity contribution in [3.8, 4) is 0 Å². The van der Waals surface area contributed by atoms with E-state index in [-0.39, 0.29) is 0 Å². The van der Waals surface area contributed by atoms with Gasteiger partial charge in [0, 0.05) is 16.1 Å². The lowest BCUT2D eigenvalue weighted by Gasteiger charge is -2.21. The smallest absolute Gasteiger partial charge is 0.0101 e. The van der Waals surface area contributed by atoms with Crippen LogP contribution in [0.25, 0.3) is 0 Å². The third-order valence-corrected chi connectivity index (χ3v) is 6.14. The van der Waals surface area contributed by atoms with E-state index >= 15 is 0 Å². The molecule has 1 atom stereocenters. The van der Waals surface area contributed by atoms with E-state index < -0.39 is 0 Å². The predicted molar refractivity (Wildman–Crippen MR) is 101 cm³/mol. The molecule has 0 aromatic heterocycles. The molecule has 0 spiro atoms. The van der Waals surface area contributed by atoms with Gasteiger partial charge in [-0.25, -0.2) is 0 Å². The highest BCUT2D eigenvalue weighted by Crippen LogP contribution is 2.35. The molecule has 1 aliphatic rings. The standard InChI is InChI=1S/C21H27NS/c22-16-15-21(17-7-3-1-4-8-17)18-11-13-20(14-12-18)23-19-9-5-2-6-10-19/h1,3-4,7-8,11-14,19,21H,2,5-6,9-10,15-16,22H2. The number of nitrogens with two attached hydrogens (primary N) is 1. The van der Waals surface area contributed by atoms with Crippen LogP contribution in [0.3, 0.4) is 0 Å². The summed E-state index contributed by atoms with van der Waals surface area (Å²) in [6, 6.07) is 20.0. The van der Waals surface area contributed by atoms with Crippen LogP contribution in [0.4, 0.5) is 0 Å². The van der Waals surface area contributed by atoms with Crippen molar-refractivity contribution in [2.24, 2.45) is 5.73 Å². The van der Waals surface area contributed by atoms with Gasteiger partial charge in [0.1, 0.15) is 0 Å². The molecular formula is C21H27NS. The van der Waals surface area contributed by atoms with Gasteiger partial charge in [0.05, 0.1) is 0 Å². The first kappa shape index (κ1) is 16.6. The van der Waals surface area contributed by atoms with E-state index in [0.717, 1.165) is 18.2 Å². The molecular weight excluding hydrogens is 298 g/mol. The van der Waals surface area contributed by atoms with E-state index in [2.05, 4.69) is 66.4 Å². The van der Waals surface area contributed by atoms with Crippen LogP contribution in [0.5, 0.6) is 0 Å². The minimum Gasteiger partial charge on any atom is -0.330 e. The average molecular weight is 326 g/mol. The van der Waals surface area contributed by atoms with Crippen molar-refractivity contribution >= 4 is 11.8 Å². The van der Waals surface area contributed by atoms with Crippen molar-refractivity contribution in [3.05, 3.63) is 65.7 Å². The Morgan fingerprint density at radius 3 is 2.17 bits per heavy atom. The molecule has 1 nitrogen and oxygen atoms in total. The quantitative estimate of drug-likeness (QED) is 0.749. The average Bonchev–Trinajstić information content (AvgIpc) is 2.62. The summed E-state index contributed by atoms with van der Waals surface area (Å²) in [4.78, 5) is 1.42. The second-order valence-electron chi connectivity index (χ2n) is 6.49. The number of thioether (sulfide) groups is 1. The van der Waals surface area contributed by atoms with E-state index in [4.69, 9.17) is 5.73 Å². The summed E-state index contributed by atoms with van der Waals surface area (Å²) in [5, 5.41) is 0.823. The van der Waals surface area contributed by atoms with Gasteiger partial charge in [-0.1, -0.05) is 61.7 Å². The molecule has 2 N–H and O–H groups in total. The highest BCUT2D eigenvalue weighted by Gasteiger charge is 2.16. The van der Waals surface area contributed by atoms with Gasteiger partial charge in [-0.15, -0.1) is 11.8 Å². The van der Waals surface area contributed by atoms with E-state index in [9.17, 15) is 0 Å². The van der Waals surface area contributed by atoms with Gasteiger partial charge in [0.2, 0.25) is 0 Å². The molecule has 3 rings (SSSR count). The number of benzene rings is 2. The van der Waals surface area contributed by atoms with Crippen LogP contribution < -0.4 is 5.73 Å². The second kappa shape index (κ2) is 8.56. The maximum atomic E-state index is 5.85. The van der Waals surface area contributed by atoms with E-state index in [1.807, 2.05) is 0 Å². The van der Waals surface area contributed by atoms with Crippen molar-refractivity contribution in [2.45, 2.75) is 54.6 Å². The topological polar surface area (TPSA) is 26.0 Å². The first-order valence-corrected chi connectivity index (χ1v) is 9.76. The summed E-state index contributed by atoms with van der Waals surface area (Å²) in [5.74, 6) is 0.412. The minimum atomic E-state index is 0.412. The highest BCUT2D eigenvalue weighted by molar-refractivity contribution is 8.00. The van der Waals surface area contributed by atoms with Crippen molar-refractivity contribution in [2.75, 3.05) is 6.54 Å². The van der Waals surface area contributed by atoms with Crippen molar-refractivity contribution in [3.63, 3.8) is 0 Å². The van der Waals surface area contributed by atoms with Gasteiger partial charge in [0.25, 0.3) is 0 Å². The second-order valence-corrected chi connectivity index (χ2v) is 7.86. The van der Waals surface area contributed by atoms with Crippen LogP contribution in [0.1, 0.15) is 55.6 Å². The Morgan fingerprint density at radius 1 is 0.870 bits per heavy atom. The molecule has 0 aliphatic heterocycles. The Kier molecular flexibility index (Phi) is 6.18. The lowest BCUT2D eigenvalue weighted by atomic mass is 9.89. The summed E-state index contributed by atoms with van der Waals surface area (Å²) >= 11 is 2.07. The van der Waals surface area contributed by atoms with Crippen molar-refractivity contribution in [1.29, 1.82) is 0 Å². The molecule has 2 heteroatoms. The predicted octanol–water partition coefficient (Wildman–Crippen LogP) is 5.59. The lowest BCUT2D eigenvalue weighted by Crippen LogP contribution is -2.09. The van der Waals surface area contributed by atoms with Crippen LogP contribution in [0.15, 0.2) is 59.5 Å². The zero-order valence-corrected chi connectivity index (χ0v) is 14.6. The van der Waals surface area contributed by atoms with Gasteiger partial charge >= 0.3 is 0 Å². The zero-order valence-electron chi connectivity index (χ0n) is 13.8. The fourth-order valence-corrected chi connectivity index (χ4v) is 4.78. The molecule has 1 unspecified atom stereocenters. The van der Waals surface area contributed by atoms with Gasteiger partial charge in [-0.3, -0.25) is 0 Å². The summed E-state index contributed by atoms with van der Waals surface area (Å²) < 4.78 is 0. The Bertz CT molecular complexity index is 573. The Hall–Kier alpha value is -1.25. The van der Waals surface area contributed by atoms with Crippen LogP contribution in [0.2, 0.25) is 0 Å². The first-order chi connectivity index (χ1) is 11.4. The van der Waals surface area contributed by atoms with E-state index in [0.29, 0.717) is 5.92 Å². The van der Waals surface area contributed by atoms with Gasteiger partial charge < -0.3 is 5.73 Å². The Morgan fingerprint density at radius 2 is 1.52 bits per heavy atom. The molecule has 122 valence electrons. The van der Waals surface area contributed by atoms with Crippen LogP contribution in [-0.4, -0.2) is 11.8 Å². The monoisotopic (exact) mass is 325 g/mol. The van der Waals surface area contributed by atoms with Crippen LogP contribution >= 0.6 is 11.8 Å². The molecule has 1 fully saturated rings. The molecule has 0 heterocycles. The number of hydrogen-bond donors (Lipinski definition) is 1. The molecule has 2 aromatic carbocycles. The summed E-state index contributed by atoms with van der Waals surface area (Å²) in [6.07, 6.45) is 8.00. The van der Waals surface area contributed by atoms with Gasteiger partial charge in [0.15, 0.2) is 0 Å². The largest absolute Gasteiger partial charge is 0.330 e. The summed E-state index contributed by atoms with van der Waals surface area (Å²) in [5.41, 5.74) is 8.60. The number of hydrogen-bond acceptors (Lipinski definition) is 2. The Balaban J connectivity index is 1.71. The summed E-state index contributed by atoms with van der Waals surface area (Å²) in [7, 11) is 0. The SMILES string of the molecule is NCCC(c1ccccc1)c1ccc(SC2CCCCC2)cc1. The van der Waals surface area contributed by atoms with E-state index in [1.165, 1.54) is 48.1 Å². The zero-order chi connectivity index (χ0) is 15.9. The molecule has 0 saturated heterocycles. The third-order valence-electron chi connectivity index (χ3n) is 4.79. The fourth-order valence-electron chi connectivity index (χ4n) is 3.53. The molecule has 0 amide bonds. The lowest BCUT2D eigenvalue weighted by molar-refractivity contribution is 0.516. The maximum absolute atomic E-state index is 5.85. The minimum absolute atomic E-state index is 0.412. The summed E-state index contributed by atoms with van der Waals surface area (Å²) in [6.45, 7) is 0.720. The maximum Gasteiger partial charge on any atom is 0.0101 e. The Labute approximate surface area is 144 Å². The molecule has 0 bridgehead atoms. The van der Waals surface area contributed by atoms with Crippen LogP contribution in [0, 0.1) is 0 Å². The van der Waals surface area contributed by atoms with Crippen LogP contribution in [-0.2, 0) is 0 Å². The molecule has 23 heavy (non-hydrogen) atoms. The molecule has 1 saturated carbocycles. The van der Waals surface area contributed by atoms with Crippen molar-refractivity contribution in [1.82, 2.24) is 0 Å². The van der Waals surface area contributed by atoms with Gasteiger partial charge in [-0.05, 0) is 49.1 Å². The highest BCUT2D eigenvalue weighted by atomic mass is 32.2. The molecule has 1 aliphatic carbocycles. The first-order valence-electron chi connectivity index (χ1n) is 8.88. The third kappa shape index (κ3) is 4.62. The molecule has 2 aromatic rings. The van der Waals surface area contributed by atoms with Gasteiger partial charge in [-0.2, -0.15) is 0 Å². The molecule has 0 radical (unpaired) electrons. The number of rotatable bonds is 6.